The van der Waals surface area contributed by atoms with Gasteiger partial charge in [-0.2, -0.15) is 0 Å². The Morgan fingerprint density at radius 3 is 2.73 bits per heavy atom. The maximum absolute atomic E-state index is 14.6. The van der Waals surface area contributed by atoms with Crippen molar-refractivity contribution in [2.24, 2.45) is 0 Å². The van der Waals surface area contributed by atoms with Crippen molar-refractivity contribution in [1.29, 1.82) is 0 Å². The number of aliphatic hydroxyl groups is 1. The van der Waals surface area contributed by atoms with Gasteiger partial charge in [-0.05, 0) is 6.92 Å². The van der Waals surface area contributed by atoms with Gasteiger partial charge in [0.15, 0.2) is 11.9 Å². The first-order chi connectivity index (χ1) is 10.0. The first kappa shape index (κ1) is 17.0. The monoisotopic (exact) mass is 340 g/mol. The topological polar surface area (TPSA) is 151 Å². The van der Waals surface area contributed by atoms with Crippen molar-refractivity contribution in [2.45, 2.75) is 31.0 Å². The Morgan fingerprint density at radius 2 is 2.18 bits per heavy atom. The highest BCUT2D eigenvalue weighted by Gasteiger charge is 2.55. The molecule has 2 rings (SSSR count). The zero-order valence-electron chi connectivity index (χ0n) is 11.2. The van der Waals surface area contributed by atoms with Crippen molar-refractivity contribution in [1.82, 2.24) is 9.55 Å². The Bertz CT molecular complexity index is 709. The summed E-state index contributed by atoms with van der Waals surface area (Å²) in [5.74, 6) is 0. The summed E-state index contributed by atoms with van der Waals surface area (Å²) in [6.07, 6.45) is -3.82. The standard InChI is InChI=1S/C10H14FN2O8P/c1-10(11)7(15)5(4-20-22(17,18)19)21-8(10)13-3-2-6(14)12-9(13)16/h2-3,5,7-8,15H,4H2,1H3,(H,12,14,16)(H2,17,18,19)/t5-,7?,8-,10?/m0/s1. The molecule has 4 atom stereocenters. The Hall–Kier alpha value is -1.36. The van der Waals surface area contributed by atoms with E-state index in [0.717, 1.165) is 23.8 Å². The van der Waals surface area contributed by atoms with Crippen LogP contribution in [-0.2, 0) is 13.8 Å². The fraction of sp³-hybridized carbons (Fsp3) is 0.600. The molecular weight excluding hydrogens is 326 g/mol. The minimum atomic E-state index is -4.82. The number of hydrogen-bond donors (Lipinski definition) is 4. The maximum Gasteiger partial charge on any atom is 0.469 e. The number of rotatable bonds is 4. The van der Waals surface area contributed by atoms with Crippen LogP contribution in [0.15, 0.2) is 21.9 Å². The lowest BCUT2D eigenvalue weighted by Crippen LogP contribution is -2.43. The molecule has 0 bridgehead atoms. The van der Waals surface area contributed by atoms with E-state index in [-0.39, 0.29) is 0 Å². The first-order valence-corrected chi connectivity index (χ1v) is 7.59. The number of alkyl halides is 1. The van der Waals surface area contributed by atoms with E-state index in [1.54, 1.807) is 0 Å². The number of aliphatic hydroxyl groups excluding tert-OH is 1. The SMILES string of the molecule is CC1(F)C(O)[C@H](COP(=O)(O)O)O[C@@H]1n1ccc(=O)[nH]c1=O. The van der Waals surface area contributed by atoms with Crippen molar-refractivity contribution in [3.8, 4) is 0 Å². The van der Waals surface area contributed by atoms with Crippen LogP contribution in [0.3, 0.4) is 0 Å². The van der Waals surface area contributed by atoms with Gasteiger partial charge in [0.1, 0.15) is 12.2 Å². The summed E-state index contributed by atoms with van der Waals surface area (Å²) in [6.45, 7) is 0.178. The normalized spacial score (nSPS) is 32.3. The van der Waals surface area contributed by atoms with Crippen molar-refractivity contribution < 1.29 is 33.1 Å². The Kier molecular flexibility index (Phi) is 4.39. The van der Waals surface area contributed by atoms with Gasteiger partial charge in [0, 0.05) is 12.3 Å². The van der Waals surface area contributed by atoms with E-state index in [1.165, 1.54) is 0 Å². The van der Waals surface area contributed by atoms with Gasteiger partial charge in [0.2, 0.25) is 0 Å². The van der Waals surface area contributed by atoms with Gasteiger partial charge < -0.3 is 19.6 Å². The molecule has 1 saturated heterocycles. The van der Waals surface area contributed by atoms with Gasteiger partial charge in [-0.15, -0.1) is 0 Å². The van der Waals surface area contributed by atoms with Gasteiger partial charge in [0.25, 0.3) is 5.56 Å². The molecule has 2 heterocycles. The maximum atomic E-state index is 14.6. The largest absolute Gasteiger partial charge is 0.469 e. The van der Waals surface area contributed by atoms with Crippen LogP contribution in [0.2, 0.25) is 0 Å². The summed E-state index contributed by atoms with van der Waals surface area (Å²) in [5, 5.41) is 9.87. The zero-order chi connectivity index (χ0) is 16.7. The molecule has 10 nitrogen and oxygen atoms in total. The van der Waals surface area contributed by atoms with Crippen LogP contribution in [0.25, 0.3) is 0 Å². The summed E-state index contributed by atoms with van der Waals surface area (Å²) in [5.41, 5.74) is -4.10. The lowest BCUT2D eigenvalue weighted by atomic mass is 9.98. The molecule has 0 radical (unpaired) electrons. The van der Waals surface area contributed by atoms with Crippen LogP contribution < -0.4 is 11.2 Å². The number of halogens is 1. The van der Waals surface area contributed by atoms with Crippen LogP contribution in [0.4, 0.5) is 4.39 Å². The van der Waals surface area contributed by atoms with Gasteiger partial charge in [-0.1, -0.05) is 0 Å². The molecule has 2 unspecified atom stereocenters. The van der Waals surface area contributed by atoms with Crippen LogP contribution in [-0.4, -0.2) is 48.9 Å². The molecule has 1 aliphatic rings. The van der Waals surface area contributed by atoms with E-state index in [9.17, 15) is 23.7 Å². The molecule has 0 aromatic carbocycles. The van der Waals surface area contributed by atoms with Crippen LogP contribution in [0, 0.1) is 0 Å². The molecule has 1 aliphatic heterocycles. The first-order valence-electron chi connectivity index (χ1n) is 6.06. The average Bonchev–Trinajstić information content (AvgIpc) is 2.59. The molecule has 1 aromatic rings. The van der Waals surface area contributed by atoms with Crippen molar-refractivity contribution >= 4 is 7.82 Å². The number of aromatic amines is 1. The summed E-state index contributed by atoms with van der Waals surface area (Å²) in [7, 11) is -4.82. The second-order valence-corrected chi connectivity index (χ2v) is 6.17. The molecular formula is C10H14FN2O8P. The van der Waals surface area contributed by atoms with Gasteiger partial charge in [-0.3, -0.25) is 18.9 Å². The molecule has 0 saturated carbocycles. The number of nitrogens with one attached hydrogen (secondary N) is 1. The van der Waals surface area contributed by atoms with Crippen molar-refractivity contribution in [2.75, 3.05) is 6.61 Å². The summed E-state index contributed by atoms with van der Waals surface area (Å²) >= 11 is 0. The number of nitrogens with zero attached hydrogens (tertiary/aromatic N) is 1. The lowest BCUT2D eigenvalue weighted by molar-refractivity contribution is -0.0605. The lowest BCUT2D eigenvalue weighted by Gasteiger charge is -2.24. The average molecular weight is 340 g/mol. The fourth-order valence-corrected chi connectivity index (χ4v) is 2.47. The highest BCUT2D eigenvalue weighted by molar-refractivity contribution is 7.46. The summed E-state index contributed by atoms with van der Waals surface area (Å²) in [4.78, 5) is 41.8. The molecule has 12 heteroatoms. The third-order valence-corrected chi connectivity index (χ3v) is 3.71. The quantitative estimate of drug-likeness (QED) is 0.490. The van der Waals surface area contributed by atoms with E-state index in [2.05, 4.69) is 4.52 Å². The number of H-pyrrole nitrogens is 1. The highest BCUT2D eigenvalue weighted by atomic mass is 31.2. The van der Waals surface area contributed by atoms with Crippen LogP contribution in [0.1, 0.15) is 13.2 Å². The smallest absolute Gasteiger partial charge is 0.387 e. The number of phosphoric ester groups is 1. The number of aromatic nitrogens is 2. The molecule has 124 valence electrons. The van der Waals surface area contributed by atoms with Gasteiger partial charge in [-0.25, -0.2) is 13.8 Å². The van der Waals surface area contributed by atoms with Crippen LogP contribution in [0.5, 0.6) is 0 Å². The van der Waals surface area contributed by atoms with Crippen LogP contribution >= 0.6 is 7.82 Å². The van der Waals surface area contributed by atoms with E-state index < -0.39 is 49.8 Å². The predicted molar refractivity (Wildman–Crippen MR) is 68.7 cm³/mol. The molecule has 4 N–H and O–H groups in total. The number of hydrogen-bond acceptors (Lipinski definition) is 6. The summed E-state index contributed by atoms with van der Waals surface area (Å²) in [6, 6.07) is 0.965. The Morgan fingerprint density at radius 1 is 1.55 bits per heavy atom. The molecule has 0 spiro atoms. The molecule has 1 fully saturated rings. The summed E-state index contributed by atoms with van der Waals surface area (Å²) < 4.78 is 35.3. The van der Waals surface area contributed by atoms with E-state index >= 15 is 0 Å². The zero-order valence-corrected chi connectivity index (χ0v) is 12.1. The second kappa shape index (κ2) is 5.69. The molecule has 0 amide bonds. The Labute approximate surface area is 122 Å². The third-order valence-electron chi connectivity index (χ3n) is 3.23. The minimum Gasteiger partial charge on any atom is -0.387 e. The number of phosphoric acid groups is 1. The Balaban J connectivity index is 2.28. The van der Waals surface area contributed by atoms with E-state index in [0.29, 0.717) is 0 Å². The highest BCUT2D eigenvalue weighted by Crippen LogP contribution is 2.43. The van der Waals surface area contributed by atoms with E-state index in [1.807, 2.05) is 4.98 Å². The predicted octanol–water partition coefficient (Wildman–Crippen LogP) is -1.37. The molecule has 22 heavy (non-hydrogen) atoms. The van der Waals surface area contributed by atoms with Gasteiger partial charge in [0.05, 0.1) is 6.61 Å². The molecule has 1 aromatic heterocycles. The van der Waals surface area contributed by atoms with Gasteiger partial charge >= 0.3 is 13.5 Å². The van der Waals surface area contributed by atoms with Crippen molar-refractivity contribution in [3.63, 3.8) is 0 Å². The minimum absolute atomic E-state index is 0.693. The second-order valence-electron chi connectivity index (χ2n) is 4.93. The fourth-order valence-electron chi connectivity index (χ4n) is 2.13. The number of ether oxygens (including phenoxy) is 1. The van der Waals surface area contributed by atoms with E-state index in [4.69, 9.17) is 14.5 Å². The third kappa shape index (κ3) is 3.35. The van der Waals surface area contributed by atoms with Crippen molar-refractivity contribution in [3.05, 3.63) is 33.1 Å². The molecule has 0 aliphatic carbocycles.